The van der Waals surface area contributed by atoms with E-state index in [9.17, 15) is 0 Å². The SMILES string of the molecule is CC(C)(C)[Si](C)(C)Oc1ccc(Cl)c2cccnc12. The molecule has 0 fully saturated rings. The minimum absolute atomic E-state index is 0.160. The topological polar surface area (TPSA) is 22.1 Å². The smallest absolute Gasteiger partial charge is 0.250 e. The van der Waals surface area contributed by atoms with Gasteiger partial charge >= 0.3 is 0 Å². The lowest BCUT2D eigenvalue weighted by Gasteiger charge is -2.36. The number of hydrogen-bond acceptors (Lipinski definition) is 2. The average molecular weight is 294 g/mol. The van der Waals surface area contributed by atoms with E-state index in [1.165, 1.54) is 0 Å². The van der Waals surface area contributed by atoms with Crippen molar-refractivity contribution < 1.29 is 4.43 Å². The van der Waals surface area contributed by atoms with Gasteiger partial charge in [0.05, 0.1) is 5.02 Å². The second kappa shape index (κ2) is 4.80. The molecule has 0 bridgehead atoms. The first-order valence-corrected chi connectivity index (χ1v) is 9.73. The maximum Gasteiger partial charge on any atom is 0.250 e. The number of benzene rings is 1. The van der Waals surface area contributed by atoms with Crippen LogP contribution < -0.4 is 4.43 Å². The summed E-state index contributed by atoms with van der Waals surface area (Å²) in [7, 11) is -1.86. The Morgan fingerprint density at radius 2 is 1.84 bits per heavy atom. The van der Waals surface area contributed by atoms with E-state index in [-0.39, 0.29) is 5.04 Å². The van der Waals surface area contributed by atoms with Crippen LogP contribution in [0.25, 0.3) is 10.9 Å². The summed E-state index contributed by atoms with van der Waals surface area (Å²) in [6.07, 6.45) is 1.77. The molecule has 1 aromatic carbocycles. The number of aromatic nitrogens is 1. The lowest BCUT2D eigenvalue weighted by molar-refractivity contribution is 0.495. The van der Waals surface area contributed by atoms with Crippen LogP contribution in [0.15, 0.2) is 30.5 Å². The highest BCUT2D eigenvalue weighted by Gasteiger charge is 2.39. The highest BCUT2D eigenvalue weighted by atomic mass is 35.5. The predicted molar refractivity (Wildman–Crippen MR) is 84.6 cm³/mol. The van der Waals surface area contributed by atoms with E-state index < -0.39 is 8.32 Å². The van der Waals surface area contributed by atoms with Gasteiger partial charge in [-0.25, -0.2) is 0 Å². The third-order valence-corrected chi connectivity index (χ3v) is 8.52. The van der Waals surface area contributed by atoms with Gasteiger partial charge in [0.2, 0.25) is 0 Å². The van der Waals surface area contributed by atoms with Crippen molar-refractivity contribution in [3.8, 4) is 5.75 Å². The molecule has 0 aliphatic carbocycles. The van der Waals surface area contributed by atoms with Gasteiger partial charge in [-0.3, -0.25) is 4.98 Å². The normalized spacial score (nSPS) is 12.7. The molecule has 0 saturated carbocycles. The van der Waals surface area contributed by atoms with E-state index in [0.717, 1.165) is 16.7 Å². The van der Waals surface area contributed by atoms with Crippen molar-refractivity contribution in [3.63, 3.8) is 0 Å². The summed E-state index contributed by atoms with van der Waals surface area (Å²) in [5, 5.41) is 1.82. The lowest BCUT2D eigenvalue weighted by Crippen LogP contribution is -2.43. The van der Waals surface area contributed by atoms with Crippen molar-refractivity contribution in [1.29, 1.82) is 0 Å². The Bertz CT molecular complexity index is 605. The van der Waals surface area contributed by atoms with Gasteiger partial charge in [-0.2, -0.15) is 0 Å². The van der Waals surface area contributed by atoms with Crippen molar-refractivity contribution in [1.82, 2.24) is 4.98 Å². The number of halogens is 1. The second-order valence-corrected chi connectivity index (χ2v) is 11.4. The number of pyridine rings is 1. The molecule has 0 amide bonds. The van der Waals surface area contributed by atoms with Crippen LogP contribution in [0, 0.1) is 0 Å². The Labute approximate surface area is 120 Å². The quantitative estimate of drug-likeness (QED) is 0.704. The summed E-state index contributed by atoms with van der Waals surface area (Å²) in [6.45, 7) is 11.1. The van der Waals surface area contributed by atoms with E-state index in [0.29, 0.717) is 5.02 Å². The number of rotatable bonds is 2. The van der Waals surface area contributed by atoms with Gasteiger partial charge in [-0.05, 0) is 42.4 Å². The summed E-state index contributed by atoms with van der Waals surface area (Å²) in [5.41, 5.74) is 0.847. The lowest BCUT2D eigenvalue weighted by atomic mass is 10.2. The molecule has 4 heteroatoms. The summed E-state index contributed by atoms with van der Waals surface area (Å²) in [5.74, 6) is 0.839. The molecular weight excluding hydrogens is 274 g/mol. The monoisotopic (exact) mass is 293 g/mol. The van der Waals surface area contributed by atoms with E-state index in [1.54, 1.807) is 6.20 Å². The number of hydrogen-bond donors (Lipinski definition) is 0. The molecule has 2 nitrogen and oxygen atoms in total. The van der Waals surface area contributed by atoms with Crippen LogP contribution >= 0.6 is 11.6 Å². The van der Waals surface area contributed by atoms with Crippen LogP contribution in [0.1, 0.15) is 20.8 Å². The molecule has 0 radical (unpaired) electrons. The summed E-state index contributed by atoms with van der Waals surface area (Å²) < 4.78 is 6.35. The van der Waals surface area contributed by atoms with Gasteiger partial charge in [0, 0.05) is 11.6 Å². The molecule has 2 aromatic rings. The largest absolute Gasteiger partial charge is 0.542 e. The van der Waals surface area contributed by atoms with Crippen molar-refractivity contribution in [2.24, 2.45) is 0 Å². The maximum atomic E-state index is 6.35. The fourth-order valence-corrected chi connectivity index (χ4v) is 2.86. The van der Waals surface area contributed by atoms with Gasteiger partial charge in [-0.1, -0.05) is 32.4 Å². The summed E-state index contributed by atoms with van der Waals surface area (Å²) in [6, 6.07) is 7.68. The van der Waals surface area contributed by atoms with Gasteiger partial charge in [0.25, 0.3) is 8.32 Å². The van der Waals surface area contributed by atoms with Crippen LogP contribution in [0.5, 0.6) is 5.75 Å². The molecule has 0 saturated heterocycles. The highest BCUT2D eigenvalue weighted by molar-refractivity contribution is 6.74. The Hall–Kier alpha value is -1.06. The van der Waals surface area contributed by atoms with Gasteiger partial charge in [-0.15, -0.1) is 0 Å². The highest BCUT2D eigenvalue weighted by Crippen LogP contribution is 2.39. The van der Waals surface area contributed by atoms with Gasteiger partial charge in [0.1, 0.15) is 11.3 Å². The molecule has 0 aliphatic rings. The molecule has 0 unspecified atom stereocenters. The fourth-order valence-electron chi connectivity index (χ4n) is 1.62. The molecule has 0 N–H and O–H groups in total. The Kier molecular flexibility index (Phi) is 3.62. The zero-order valence-electron chi connectivity index (χ0n) is 12.1. The molecule has 1 heterocycles. The summed E-state index contributed by atoms with van der Waals surface area (Å²) in [4.78, 5) is 4.42. The fraction of sp³-hybridized carbons (Fsp3) is 0.400. The molecule has 2 rings (SSSR count). The third-order valence-electron chi connectivity index (χ3n) is 3.85. The number of nitrogens with zero attached hydrogens (tertiary/aromatic N) is 1. The Morgan fingerprint density at radius 3 is 2.47 bits per heavy atom. The zero-order valence-corrected chi connectivity index (χ0v) is 13.9. The molecule has 102 valence electrons. The first-order chi connectivity index (χ1) is 8.72. The van der Waals surface area contributed by atoms with Crippen LogP contribution in [0.3, 0.4) is 0 Å². The van der Waals surface area contributed by atoms with E-state index in [4.69, 9.17) is 16.0 Å². The third kappa shape index (κ3) is 2.77. The standard InChI is InChI=1S/C15H20ClNOSi/c1-15(2,3)19(4,5)18-13-9-8-12(16)11-7-6-10-17-14(11)13/h6-10H,1-5H3. The van der Waals surface area contributed by atoms with Crippen molar-refractivity contribution in [2.75, 3.05) is 0 Å². The molecule has 0 atom stereocenters. The van der Waals surface area contributed by atoms with Gasteiger partial charge < -0.3 is 4.43 Å². The van der Waals surface area contributed by atoms with Gasteiger partial charge in [0.15, 0.2) is 0 Å². The Balaban J connectivity index is 2.51. The number of fused-ring (bicyclic) bond motifs is 1. The van der Waals surface area contributed by atoms with Crippen LogP contribution in [-0.2, 0) is 0 Å². The zero-order chi connectivity index (χ0) is 14.3. The van der Waals surface area contributed by atoms with Crippen LogP contribution in [0.2, 0.25) is 23.2 Å². The van der Waals surface area contributed by atoms with Crippen molar-refractivity contribution in [3.05, 3.63) is 35.5 Å². The molecular formula is C15H20ClNOSi. The minimum atomic E-state index is -1.86. The van der Waals surface area contributed by atoms with E-state index >= 15 is 0 Å². The maximum absolute atomic E-state index is 6.35. The second-order valence-electron chi connectivity index (χ2n) is 6.31. The molecule has 0 spiro atoms. The average Bonchev–Trinajstić information content (AvgIpc) is 2.32. The Morgan fingerprint density at radius 1 is 1.16 bits per heavy atom. The van der Waals surface area contributed by atoms with Crippen molar-refractivity contribution >= 4 is 30.8 Å². The van der Waals surface area contributed by atoms with Crippen LogP contribution in [-0.4, -0.2) is 13.3 Å². The first kappa shape index (κ1) is 14.3. The molecule has 1 aromatic heterocycles. The first-order valence-electron chi connectivity index (χ1n) is 6.45. The van der Waals surface area contributed by atoms with E-state index in [2.05, 4.69) is 38.8 Å². The molecule has 0 aliphatic heterocycles. The van der Waals surface area contributed by atoms with Crippen LogP contribution in [0.4, 0.5) is 0 Å². The molecule has 19 heavy (non-hydrogen) atoms. The van der Waals surface area contributed by atoms with Crippen molar-refractivity contribution in [2.45, 2.75) is 38.9 Å². The summed E-state index contributed by atoms with van der Waals surface area (Å²) >= 11 is 6.21. The van der Waals surface area contributed by atoms with E-state index in [1.807, 2.05) is 24.3 Å². The predicted octanol–water partition coefficient (Wildman–Crippen LogP) is 5.27. The minimum Gasteiger partial charge on any atom is -0.542 e.